The number of hydrogen-bond donors (Lipinski definition) is 1. The lowest BCUT2D eigenvalue weighted by atomic mass is 9.96. The molecule has 0 spiro atoms. The number of benzene rings is 2. The quantitative estimate of drug-likeness (QED) is 0.707. The molecule has 2 nitrogen and oxygen atoms in total. The minimum absolute atomic E-state index is 0.341. The lowest BCUT2D eigenvalue weighted by molar-refractivity contribution is 0.287. The molecule has 0 radical (unpaired) electrons. The molecule has 2 heteroatoms. The molecule has 0 saturated carbocycles. The summed E-state index contributed by atoms with van der Waals surface area (Å²) in [5.74, 6) is 0. The highest BCUT2D eigenvalue weighted by Crippen LogP contribution is 2.37. The Kier molecular flexibility index (Phi) is 2.64. The van der Waals surface area contributed by atoms with Crippen LogP contribution in [0.3, 0.4) is 0 Å². The number of H-pyrrole nitrogens is 1. The fraction of sp³-hybridized carbons (Fsp3) is 0.222. The van der Waals surface area contributed by atoms with Gasteiger partial charge >= 0.3 is 0 Å². The summed E-state index contributed by atoms with van der Waals surface area (Å²) in [5.41, 5.74) is 5.49. The zero-order valence-electron chi connectivity index (χ0n) is 11.6. The van der Waals surface area contributed by atoms with Crippen LogP contribution >= 0.6 is 0 Å². The fourth-order valence-electron chi connectivity index (χ4n) is 3.45. The van der Waals surface area contributed by atoms with E-state index in [4.69, 9.17) is 0 Å². The van der Waals surface area contributed by atoms with Crippen LogP contribution in [0.2, 0.25) is 0 Å². The van der Waals surface area contributed by atoms with E-state index in [0.717, 1.165) is 13.0 Å². The molecule has 1 aliphatic rings. The van der Waals surface area contributed by atoms with Gasteiger partial charge < -0.3 is 4.98 Å². The highest BCUT2D eigenvalue weighted by molar-refractivity contribution is 5.88. The molecule has 2 aromatic carbocycles. The molecule has 1 aliphatic heterocycles. The second-order valence-electron chi connectivity index (χ2n) is 5.63. The van der Waals surface area contributed by atoms with Crippen LogP contribution in [-0.4, -0.2) is 23.5 Å². The molecule has 1 unspecified atom stereocenters. The van der Waals surface area contributed by atoms with E-state index in [2.05, 4.69) is 71.7 Å². The molecule has 20 heavy (non-hydrogen) atoms. The van der Waals surface area contributed by atoms with Crippen LogP contribution in [0.25, 0.3) is 10.9 Å². The lowest BCUT2D eigenvalue weighted by Crippen LogP contribution is -2.25. The van der Waals surface area contributed by atoms with E-state index in [1.165, 1.54) is 27.6 Å². The van der Waals surface area contributed by atoms with Crippen LogP contribution in [0.1, 0.15) is 22.7 Å². The molecule has 3 aromatic rings. The van der Waals surface area contributed by atoms with Crippen molar-refractivity contribution >= 4 is 10.9 Å². The van der Waals surface area contributed by atoms with E-state index >= 15 is 0 Å². The highest BCUT2D eigenvalue weighted by Gasteiger charge is 2.26. The van der Waals surface area contributed by atoms with Gasteiger partial charge in [-0.25, -0.2) is 0 Å². The van der Waals surface area contributed by atoms with Crippen LogP contribution in [0.5, 0.6) is 0 Å². The molecule has 0 amide bonds. The Morgan fingerprint density at radius 3 is 2.75 bits per heavy atom. The van der Waals surface area contributed by atoms with E-state index in [1.54, 1.807) is 0 Å². The molecule has 0 fully saturated rings. The van der Waals surface area contributed by atoms with E-state index in [0.29, 0.717) is 6.04 Å². The molecular formula is C18H18N2. The van der Waals surface area contributed by atoms with Crippen LogP contribution in [0, 0.1) is 0 Å². The monoisotopic (exact) mass is 262 g/mol. The van der Waals surface area contributed by atoms with Crippen molar-refractivity contribution in [3.8, 4) is 0 Å². The highest BCUT2D eigenvalue weighted by atomic mass is 15.1. The third kappa shape index (κ3) is 1.69. The van der Waals surface area contributed by atoms with Gasteiger partial charge in [-0.1, -0.05) is 42.5 Å². The summed E-state index contributed by atoms with van der Waals surface area (Å²) < 4.78 is 0. The largest absolute Gasteiger partial charge is 0.361 e. The van der Waals surface area contributed by atoms with E-state index in [1.807, 2.05) is 0 Å². The summed E-state index contributed by atoms with van der Waals surface area (Å²) in [5, 5.41) is 1.42. The topological polar surface area (TPSA) is 19.0 Å². The number of nitrogens with one attached hydrogen (secondary N) is 1. The van der Waals surface area contributed by atoms with Crippen molar-refractivity contribution < 1.29 is 0 Å². The molecule has 0 aliphatic carbocycles. The number of aromatic nitrogens is 1. The number of hydrogen-bond acceptors (Lipinski definition) is 1. The summed E-state index contributed by atoms with van der Waals surface area (Å²) in [6, 6.07) is 17.7. The molecular weight excluding hydrogens is 244 g/mol. The van der Waals surface area contributed by atoms with Crippen molar-refractivity contribution in [3.05, 3.63) is 71.4 Å². The molecule has 2 heterocycles. The standard InChI is InChI=1S/C18H18N2/c1-20-11-10-13-8-5-9-16-17(13)15(12-19-16)18(20)14-6-3-2-4-7-14/h2-9,12,18-19H,10-11H2,1H3. The Morgan fingerprint density at radius 2 is 1.90 bits per heavy atom. The van der Waals surface area contributed by atoms with E-state index < -0.39 is 0 Å². The maximum atomic E-state index is 3.44. The average Bonchev–Trinajstić information content (AvgIpc) is 2.84. The maximum absolute atomic E-state index is 3.44. The van der Waals surface area contributed by atoms with E-state index in [9.17, 15) is 0 Å². The van der Waals surface area contributed by atoms with Crippen molar-refractivity contribution in [3.63, 3.8) is 0 Å². The molecule has 1 N–H and O–H groups in total. The molecule has 0 saturated heterocycles. The molecule has 4 rings (SSSR count). The average molecular weight is 262 g/mol. The van der Waals surface area contributed by atoms with Crippen molar-refractivity contribution in [2.75, 3.05) is 13.6 Å². The maximum Gasteiger partial charge on any atom is 0.0620 e. The van der Waals surface area contributed by atoms with Gasteiger partial charge in [-0.2, -0.15) is 0 Å². The Morgan fingerprint density at radius 1 is 1.05 bits per heavy atom. The predicted molar refractivity (Wildman–Crippen MR) is 82.9 cm³/mol. The SMILES string of the molecule is CN1CCc2cccc3[nH]cc(c23)C1c1ccccc1. The lowest BCUT2D eigenvalue weighted by Gasteiger charge is -2.26. The van der Waals surface area contributed by atoms with Crippen LogP contribution in [0.15, 0.2) is 54.7 Å². The number of rotatable bonds is 1. The van der Waals surface area contributed by atoms with Gasteiger partial charge in [0.25, 0.3) is 0 Å². The molecule has 1 atom stereocenters. The van der Waals surface area contributed by atoms with E-state index in [-0.39, 0.29) is 0 Å². The van der Waals surface area contributed by atoms with Gasteiger partial charge in [0.15, 0.2) is 0 Å². The number of nitrogens with zero attached hydrogens (tertiary/aromatic N) is 1. The first-order valence-corrected chi connectivity index (χ1v) is 7.18. The van der Waals surface area contributed by atoms with Gasteiger partial charge in [0.2, 0.25) is 0 Å². The Bertz CT molecular complexity index is 742. The summed E-state index contributed by atoms with van der Waals surface area (Å²) >= 11 is 0. The first kappa shape index (κ1) is 11.7. The number of likely N-dealkylation sites (N-methyl/N-ethyl adjacent to an activating group) is 1. The van der Waals surface area contributed by atoms with Gasteiger partial charge in [0.05, 0.1) is 6.04 Å². The minimum Gasteiger partial charge on any atom is -0.361 e. The molecule has 1 aromatic heterocycles. The predicted octanol–water partition coefficient (Wildman–Crippen LogP) is 3.75. The Labute approximate surface area is 119 Å². The summed E-state index contributed by atoms with van der Waals surface area (Å²) in [7, 11) is 2.22. The molecule has 100 valence electrons. The number of aromatic amines is 1. The summed E-state index contributed by atoms with van der Waals surface area (Å²) in [6.45, 7) is 1.09. The summed E-state index contributed by atoms with van der Waals surface area (Å²) in [6.07, 6.45) is 3.30. The van der Waals surface area contributed by atoms with Crippen molar-refractivity contribution in [1.29, 1.82) is 0 Å². The van der Waals surface area contributed by atoms with Gasteiger partial charge in [0.1, 0.15) is 0 Å². The first-order chi connectivity index (χ1) is 9.84. The second kappa shape index (κ2) is 4.50. The first-order valence-electron chi connectivity index (χ1n) is 7.18. The zero-order chi connectivity index (χ0) is 13.5. The summed E-state index contributed by atoms with van der Waals surface area (Å²) in [4.78, 5) is 5.90. The van der Waals surface area contributed by atoms with Gasteiger partial charge in [-0.15, -0.1) is 0 Å². The third-order valence-electron chi connectivity index (χ3n) is 4.41. The van der Waals surface area contributed by atoms with Crippen LogP contribution < -0.4 is 0 Å². The molecule has 0 bridgehead atoms. The Balaban J connectivity index is 1.98. The van der Waals surface area contributed by atoms with Crippen molar-refractivity contribution in [1.82, 2.24) is 9.88 Å². The van der Waals surface area contributed by atoms with Gasteiger partial charge in [-0.05, 0) is 36.2 Å². The fourth-order valence-corrected chi connectivity index (χ4v) is 3.45. The minimum atomic E-state index is 0.341. The van der Waals surface area contributed by atoms with Crippen molar-refractivity contribution in [2.45, 2.75) is 12.5 Å². The Hall–Kier alpha value is -2.06. The van der Waals surface area contributed by atoms with Crippen LogP contribution in [0.4, 0.5) is 0 Å². The second-order valence-corrected chi connectivity index (χ2v) is 5.63. The van der Waals surface area contributed by atoms with Crippen molar-refractivity contribution in [2.24, 2.45) is 0 Å². The normalized spacial score (nSPS) is 19.1. The zero-order valence-corrected chi connectivity index (χ0v) is 11.6. The van der Waals surface area contributed by atoms with Gasteiger partial charge in [-0.3, -0.25) is 4.90 Å². The van der Waals surface area contributed by atoms with Gasteiger partial charge in [0, 0.05) is 23.6 Å². The smallest absolute Gasteiger partial charge is 0.0620 e. The van der Waals surface area contributed by atoms with Crippen LogP contribution in [-0.2, 0) is 6.42 Å². The third-order valence-corrected chi connectivity index (χ3v) is 4.41.